The summed E-state index contributed by atoms with van der Waals surface area (Å²) in [4.78, 5) is 20.8. The third kappa shape index (κ3) is 3.36. The minimum Gasteiger partial charge on any atom is -0.463 e. The van der Waals surface area contributed by atoms with Crippen molar-refractivity contribution in [3.63, 3.8) is 0 Å². The average Bonchev–Trinajstić information content (AvgIpc) is 3.38. The molecular formula is C19H15N5O2. The number of amides is 1. The van der Waals surface area contributed by atoms with Gasteiger partial charge in [0.05, 0.1) is 12.0 Å². The molecule has 4 rings (SSSR count). The van der Waals surface area contributed by atoms with E-state index < -0.39 is 0 Å². The van der Waals surface area contributed by atoms with E-state index in [1.54, 1.807) is 43.1 Å². The van der Waals surface area contributed by atoms with Gasteiger partial charge in [-0.05, 0) is 42.0 Å². The Hall–Kier alpha value is -3.74. The van der Waals surface area contributed by atoms with Crippen LogP contribution in [0.3, 0.4) is 0 Å². The third-order valence-corrected chi connectivity index (χ3v) is 3.83. The zero-order valence-electron chi connectivity index (χ0n) is 13.7. The van der Waals surface area contributed by atoms with Crippen LogP contribution in [0.1, 0.15) is 16.1 Å². The molecule has 0 aliphatic carbocycles. The first-order valence-corrected chi connectivity index (χ1v) is 8.02. The zero-order chi connectivity index (χ0) is 17.8. The molecular weight excluding hydrogens is 330 g/mol. The van der Waals surface area contributed by atoms with Crippen molar-refractivity contribution >= 4 is 5.91 Å². The Kier molecular flexibility index (Phi) is 4.26. The van der Waals surface area contributed by atoms with Gasteiger partial charge in [0.2, 0.25) is 0 Å². The van der Waals surface area contributed by atoms with Gasteiger partial charge < -0.3 is 9.73 Å². The number of rotatable bonds is 5. The Balaban J connectivity index is 1.43. The van der Waals surface area contributed by atoms with Crippen LogP contribution in [0.15, 0.2) is 71.7 Å². The molecule has 26 heavy (non-hydrogen) atoms. The normalized spacial score (nSPS) is 10.6. The third-order valence-electron chi connectivity index (χ3n) is 3.83. The maximum absolute atomic E-state index is 12.3. The van der Waals surface area contributed by atoms with E-state index in [9.17, 15) is 4.79 Å². The number of nitrogens with one attached hydrogen (secondary N) is 2. The van der Waals surface area contributed by atoms with Crippen molar-refractivity contribution in [1.82, 2.24) is 25.5 Å². The molecule has 128 valence electrons. The van der Waals surface area contributed by atoms with E-state index in [1.807, 2.05) is 24.3 Å². The van der Waals surface area contributed by atoms with E-state index in [4.69, 9.17) is 4.42 Å². The average molecular weight is 345 g/mol. The van der Waals surface area contributed by atoms with Gasteiger partial charge in [-0.1, -0.05) is 0 Å². The molecule has 0 atom stereocenters. The molecule has 7 heteroatoms. The second-order valence-electron chi connectivity index (χ2n) is 5.62. The highest BCUT2D eigenvalue weighted by Gasteiger charge is 2.12. The number of H-pyrrole nitrogens is 1. The summed E-state index contributed by atoms with van der Waals surface area (Å²) in [6.07, 6.45) is 6.76. The van der Waals surface area contributed by atoms with Gasteiger partial charge in [-0.3, -0.25) is 19.9 Å². The lowest BCUT2D eigenvalue weighted by Gasteiger charge is -2.06. The molecule has 0 aliphatic rings. The highest BCUT2D eigenvalue weighted by atomic mass is 16.3. The van der Waals surface area contributed by atoms with Gasteiger partial charge in [0, 0.05) is 36.8 Å². The second-order valence-corrected chi connectivity index (χ2v) is 5.62. The summed E-state index contributed by atoms with van der Waals surface area (Å²) in [5, 5.41) is 9.69. The Morgan fingerprint density at radius 2 is 2.12 bits per heavy atom. The van der Waals surface area contributed by atoms with E-state index in [0.717, 1.165) is 16.8 Å². The van der Waals surface area contributed by atoms with Crippen LogP contribution in [0.25, 0.3) is 22.7 Å². The molecule has 0 saturated heterocycles. The quantitative estimate of drug-likeness (QED) is 0.579. The van der Waals surface area contributed by atoms with Crippen molar-refractivity contribution in [3.8, 4) is 22.7 Å². The topological polar surface area (TPSA) is 96.7 Å². The number of pyridine rings is 2. The number of carbonyl (C=O) groups excluding carboxylic acids is 1. The van der Waals surface area contributed by atoms with Crippen LogP contribution in [0, 0.1) is 0 Å². The van der Waals surface area contributed by atoms with Gasteiger partial charge in [0.15, 0.2) is 11.5 Å². The zero-order valence-corrected chi connectivity index (χ0v) is 13.7. The number of hydrogen-bond acceptors (Lipinski definition) is 5. The van der Waals surface area contributed by atoms with Crippen LogP contribution in [-0.2, 0) is 6.54 Å². The molecule has 1 amide bonds. The summed E-state index contributed by atoms with van der Waals surface area (Å²) in [6.45, 7) is 0.373. The summed E-state index contributed by atoms with van der Waals surface area (Å²) in [7, 11) is 0. The molecule has 0 fully saturated rings. The highest BCUT2D eigenvalue weighted by molar-refractivity contribution is 5.93. The monoisotopic (exact) mass is 345 g/mol. The number of aromatic nitrogens is 4. The van der Waals surface area contributed by atoms with E-state index in [2.05, 4.69) is 25.5 Å². The van der Waals surface area contributed by atoms with Crippen LogP contribution in [0.2, 0.25) is 0 Å². The number of carbonyl (C=O) groups is 1. The molecule has 4 aromatic heterocycles. The molecule has 4 aromatic rings. The molecule has 0 radical (unpaired) electrons. The highest BCUT2D eigenvalue weighted by Crippen LogP contribution is 2.18. The Bertz CT molecular complexity index is 1010. The van der Waals surface area contributed by atoms with Gasteiger partial charge in [-0.25, -0.2) is 0 Å². The van der Waals surface area contributed by atoms with Gasteiger partial charge in [-0.15, -0.1) is 0 Å². The first kappa shape index (κ1) is 15.8. The minimum atomic E-state index is -0.265. The summed E-state index contributed by atoms with van der Waals surface area (Å²) in [5.41, 5.74) is 3.63. The van der Waals surface area contributed by atoms with Gasteiger partial charge in [0.1, 0.15) is 5.69 Å². The Morgan fingerprint density at radius 3 is 2.92 bits per heavy atom. The van der Waals surface area contributed by atoms with Crippen molar-refractivity contribution in [1.29, 1.82) is 0 Å². The van der Waals surface area contributed by atoms with Crippen molar-refractivity contribution in [2.45, 2.75) is 6.54 Å². The maximum atomic E-state index is 12.3. The molecule has 2 N–H and O–H groups in total. The summed E-state index contributed by atoms with van der Waals surface area (Å²) < 4.78 is 5.28. The van der Waals surface area contributed by atoms with Gasteiger partial charge in [0.25, 0.3) is 5.91 Å². The lowest BCUT2D eigenvalue weighted by atomic mass is 10.1. The Labute approximate surface area is 149 Å². The lowest BCUT2D eigenvalue weighted by Crippen LogP contribution is -2.23. The van der Waals surface area contributed by atoms with Crippen molar-refractivity contribution < 1.29 is 9.21 Å². The van der Waals surface area contributed by atoms with E-state index in [-0.39, 0.29) is 5.91 Å². The minimum absolute atomic E-state index is 0.265. The summed E-state index contributed by atoms with van der Waals surface area (Å²) in [5.74, 6) is 0.366. The van der Waals surface area contributed by atoms with Crippen molar-refractivity contribution in [2.24, 2.45) is 0 Å². The molecule has 0 bridgehead atoms. The first-order valence-electron chi connectivity index (χ1n) is 8.02. The fraction of sp³-hybridized carbons (Fsp3) is 0.0526. The van der Waals surface area contributed by atoms with Crippen LogP contribution < -0.4 is 5.32 Å². The summed E-state index contributed by atoms with van der Waals surface area (Å²) >= 11 is 0. The first-order chi connectivity index (χ1) is 12.8. The molecule has 0 aromatic carbocycles. The molecule has 0 saturated carbocycles. The number of aromatic amines is 1. The van der Waals surface area contributed by atoms with Crippen LogP contribution in [-0.4, -0.2) is 26.1 Å². The molecule has 0 aliphatic heterocycles. The number of furan rings is 1. The van der Waals surface area contributed by atoms with Crippen LogP contribution in [0.4, 0.5) is 0 Å². The fourth-order valence-electron chi connectivity index (χ4n) is 2.53. The molecule has 7 nitrogen and oxygen atoms in total. The van der Waals surface area contributed by atoms with E-state index in [0.29, 0.717) is 23.7 Å². The number of nitrogens with zero attached hydrogens (tertiary/aromatic N) is 3. The predicted octanol–water partition coefficient (Wildman–Crippen LogP) is 3.06. The van der Waals surface area contributed by atoms with E-state index in [1.165, 1.54) is 0 Å². The predicted molar refractivity (Wildman–Crippen MR) is 94.9 cm³/mol. The maximum Gasteiger partial charge on any atom is 0.272 e. The van der Waals surface area contributed by atoms with Crippen LogP contribution in [0.5, 0.6) is 0 Å². The van der Waals surface area contributed by atoms with Gasteiger partial charge in [-0.2, -0.15) is 5.10 Å². The molecule has 0 unspecified atom stereocenters. The van der Waals surface area contributed by atoms with Crippen molar-refractivity contribution in [2.75, 3.05) is 0 Å². The van der Waals surface area contributed by atoms with Gasteiger partial charge >= 0.3 is 0 Å². The smallest absolute Gasteiger partial charge is 0.272 e. The fourth-order valence-corrected chi connectivity index (χ4v) is 2.53. The summed E-state index contributed by atoms with van der Waals surface area (Å²) in [6, 6.07) is 12.8. The van der Waals surface area contributed by atoms with Crippen molar-refractivity contribution in [3.05, 3.63) is 78.6 Å². The second kappa shape index (κ2) is 7.02. The van der Waals surface area contributed by atoms with E-state index >= 15 is 0 Å². The van der Waals surface area contributed by atoms with Crippen LogP contribution >= 0.6 is 0 Å². The lowest BCUT2D eigenvalue weighted by molar-refractivity contribution is 0.0946. The Morgan fingerprint density at radius 1 is 1.15 bits per heavy atom. The SMILES string of the molecule is O=C(NCc1ccnc(-c2cccnc2)c1)c1cc(-c2ccco2)[nH]n1. The standard InChI is InChI=1S/C19H15N5O2/c25-19(17-10-16(23-24-17)18-4-2-8-26-18)22-11-13-5-7-21-15(9-13)14-3-1-6-20-12-14/h1-10,12H,11H2,(H,22,25)(H,23,24). The number of hydrogen-bond donors (Lipinski definition) is 2. The molecule has 0 spiro atoms. The largest absolute Gasteiger partial charge is 0.463 e. The molecule has 4 heterocycles.